The third-order valence-electron chi connectivity index (χ3n) is 6.08. The third kappa shape index (κ3) is 5.88. The number of hydrogen-bond donors (Lipinski definition) is 2. The van der Waals surface area contributed by atoms with E-state index >= 15 is 0 Å². The number of fused-ring (bicyclic) bond motifs is 3. The third-order valence-corrected chi connectivity index (χ3v) is 6.32. The molecule has 40 heavy (non-hydrogen) atoms. The van der Waals surface area contributed by atoms with E-state index in [2.05, 4.69) is 20.6 Å². The molecule has 0 radical (unpaired) electrons. The molecule has 11 heteroatoms. The molecule has 0 bridgehead atoms. The summed E-state index contributed by atoms with van der Waals surface area (Å²) >= 11 is 6.28. The van der Waals surface area contributed by atoms with Crippen LogP contribution in [0.15, 0.2) is 71.9 Å². The van der Waals surface area contributed by atoms with Crippen LogP contribution in [0.2, 0.25) is 5.02 Å². The van der Waals surface area contributed by atoms with Crippen LogP contribution in [0.1, 0.15) is 27.0 Å². The number of carbonyl (C=O) groups is 2. The maximum Gasteiger partial charge on any atom is 0.251 e. The second kappa shape index (κ2) is 12.1. The van der Waals surface area contributed by atoms with Crippen LogP contribution in [0.5, 0.6) is 0 Å². The predicted octanol–water partition coefficient (Wildman–Crippen LogP) is 5.12. The Bertz CT molecular complexity index is 1590. The second-order valence-corrected chi connectivity index (χ2v) is 9.16. The lowest BCUT2D eigenvalue weighted by Gasteiger charge is -2.13. The summed E-state index contributed by atoms with van der Waals surface area (Å²) in [5.74, 6) is -1.45. The molecule has 0 saturated carbocycles. The van der Waals surface area contributed by atoms with Gasteiger partial charge in [0.2, 0.25) is 5.95 Å². The van der Waals surface area contributed by atoms with Gasteiger partial charge in [-0.3, -0.25) is 9.79 Å². The first-order chi connectivity index (χ1) is 19.4. The number of benzene rings is 3. The van der Waals surface area contributed by atoms with Crippen LogP contribution in [-0.4, -0.2) is 47.6 Å². The molecule has 8 nitrogen and oxygen atoms in total. The van der Waals surface area contributed by atoms with Crippen LogP contribution >= 0.6 is 11.6 Å². The highest BCUT2D eigenvalue weighted by Crippen LogP contribution is 2.34. The minimum atomic E-state index is -0.729. The maximum atomic E-state index is 14.7. The molecular formula is C29H22ClF2N5O3. The van der Waals surface area contributed by atoms with Gasteiger partial charge in [0.1, 0.15) is 24.5 Å². The highest BCUT2D eigenvalue weighted by atomic mass is 35.5. The average Bonchev–Trinajstić information content (AvgIpc) is 3.10. The van der Waals surface area contributed by atoms with E-state index in [9.17, 15) is 18.4 Å². The zero-order chi connectivity index (χ0) is 28.1. The summed E-state index contributed by atoms with van der Waals surface area (Å²) in [7, 11) is 0. The summed E-state index contributed by atoms with van der Waals surface area (Å²) < 4.78 is 34.5. The molecule has 1 amide bonds. The van der Waals surface area contributed by atoms with Gasteiger partial charge in [0, 0.05) is 45.7 Å². The van der Waals surface area contributed by atoms with E-state index in [1.165, 1.54) is 18.2 Å². The minimum absolute atomic E-state index is 0.0152. The molecule has 3 aromatic carbocycles. The molecule has 0 atom stereocenters. The van der Waals surface area contributed by atoms with Crippen molar-refractivity contribution in [3.63, 3.8) is 0 Å². The highest BCUT2D eigenvalue weighted by molar-refractivity contribution is 6.31. The molecule has 0 aliphatic carbocycles. The Hall–Kier alpha value is -4.54. The lowest BCUT2D eigenvalue weighted by atomic mass is 9.95. The van der Waals surface area contributed by atoms with Gasteiger partial charge in [-0.2, -0.15) is 0 Å². The van der Waals surface area contributed by atoms with Gasteiger partial charge in [-0.25, -0.2) is 18.7 Å². The molecule has 2 N–H and O–H groups in total. The quantitative estimate of drug-likeness (QED) is 0.217. The van der Waals surface area contributed by atoms with E-state index in [-0.39, 0.29) is 49.4 Å². The Kier molecular flexibility index (Phi) is 8.18. The number of carbonyl (C=O) groups excluding carboxylic acids is 2. The number of aliphatic imine (C=N–C) groups is 1. The predicted molar refractivity (Wildman–Crippen MR) is 147 cm³/mol. The van der Waals surface area contributed by atoms with Crippen LogP contribution in [-0.2, 0) is 16.1 Å². The number of halogens is 3. The van der Waals surface area contributed by atoms with Crippen LogP contribution < -0.4 is 10.6 Å². The molecule has 5 rings (SSSR count). The van der Waals surface area contributed by atoms with Crippen LogP contribution in [0.4, 0.5) is 20.4 Å². The normalized spacial score (nSPS) is 12.0. The van der Waals surface area contributed by atoms with Crippen molar-refractivity contribution >= 4 is 41.1 Å². The monoisotopic (exact) mass is 561 g/mol. The number of rotatable bonds is 9. The van der Waals surface area contributed by atoms with Gasteiger partial charge < -0.3 is 20.2 Å². The Labute approximate surface area is 233 Å². The van der Waals surface area contributed by atoms with Crippen molar-refractivity contribution in [3.8, 4) is 11.3 Å². The zero-order valence-electron chi connectivity index (χ0n) is 21.0. The van der Waals surface area contributed by atoms with Gasteiger partial charge >= 0.3 is 0 Å². The van der Waals surface area contributed by atoms with Crippen molar-refractivity contribution in [1.82, 2.24) is 15.3 Å². The number of nitrogens with one attached hydrogen (secondary N) is 2. The van der Waals surface area contributed by atoms with Crippen molar-refractivity contribution in [2.45, 2.75) is 6.54 Å². The van der Waals surface area contributed by atoms with Gasteiger partial charge in [-0.15, -0.1) is 0 Å². The highest BCUT2D eigenvalue weighted by Gasteiger charge is 2.25. The number of aldehydes is 1. The van der Waals surface area contributed by atoms with E-state index in [4.69, 9.17) is 21.3 Å². The topological polar surface area (TPSA) is 106 Å². The van der Waals surface area contributed by atoms with Crippen molar-refractivity contribution in [2.24, 2.45) is 4.99 Å². The number of anilines is 2. The van der Waals surface area contributed by atoms with Crippen molar-refractivity contribution < 1.29 is 23.1 Å². The summed E-state index contributed by atoms with van der Waals surface area (Å²) in [5, 5.41) is 6.22. The first kappa shape index (κ1) is 27.0. The number of hydrogen-bond acceptors (Lipinski definition) is 7. The summed E-state index contributed by atoms with van der Waals surface area (Å²) in [5.41, 5.74) is 3.27. The molecule has 202 valence electrons. The Morgan fingerprint density at radius 1 is 1.05 bits per heavy atom. The Morgan fingerprint density at radius 3 is 2.58 bits per heavy atom. The van der Waals surface area contributed by atoms with Gasteiger partial charge in [-0.1, -0.05) is 23.7 Å². The Morgan fingerprint density at radius 2 is 1.82 bits per heavy atom. The van der Waals surface area contributed by atoms with E-state index in [0.717, 1.165) is 0 Å². The molecule has 2 heterocycles. The SMILES string of the molecule is O=CCOCCNC(=O)c1ccc(Nc2ncc3c(n2)-c2ccc(Cl)cc2C(c2c(F)cccc2F)=NC3)cc1. The molecule has 1 aliphatic heterocycles. The fraction of sp³-hybridized carbons (Fsp3) is 0.138. The smallest absolute Gasteiger partial charge is 0.251 e. The van der Waals surface area contributed by atoms with Gasteiger partial charge in [0.05, 0.1) is 30.1 Å². The molecule has 4 aromatic rings. The van der Waals surface area contributed by atoms with Crippen molar-refractivity contribution in [2.75, 3.05) is 25.1 Å². The number of ether oxygens (including phenoxy) is 1. The number of nitrogens with zero attached hydrogens (tertiary/aromatic N) is 3. The minimum Gasteiger partial charge on any atom is -0.372 e. The van der Waals surface area contributed by atoms with Crippen molar-refractivity contribution in [3.05, 3.63) is 106 Å². The summed E-state index contributed by atoms with van der Waals surface area (Å²) in [6, 6.07) is 15.4. The zero-order valence-corrected chi connectivity index (χ0v) is 21.7. The standard InChI is InChI=1S/C29H22ClF2N5O3/c30-19-6-9-21-22(14-19)27(25-23(31)2-1-3-24(25)32)34-15-18-16-35-29(37-26(18)21)36-20-7-4-17(5-8-20)28(39)33-10-12-40-13-11-38/h1-9,11,14,16H,10,12-13,15H2,(H,33,39)(H,35,36,37). The molecule has 0 spiro atoms. The van der Waals surface area contributed by atoms with Crippen LogP contribution in [0.25, 0.3) is 11.3 Å². The largest absolute Gasteiger partial charge is 0.372 e. The van der Waals surface area contributed by atoms with Gasteiger partial charge in [-0.05, 0) is 48.5 Å². The number of amides is 1. The first-order valence-electron chi connectivity index (χ1n) is 12.3. The van der Waals surface area contributed by atoms with Gasteiger partial charge in [0.25, 0.3) is 5.91 Å². The fourth-order valence-electron chi connectivity index (χ4n) is 4.23. The Balaban J connectivity index is 1.39. The molecular weight excluding hydrogens is 540 g/mol. The summed E-state index contributed by atoms with van der Waals surface area (Å²) in [4.78, 5) is 36.2. The molecule has 1 aliphatic rings. The average molecular weight is 562 g/mol. The van der Waals surface area contributed by atoms with E-state index in [0.29, 0.717) is 44.9 Å². The molecule has 0 unspecified atom stereocenters. The number of aromatic nitrogens is 2. The second-order valence-electron chi connectivity index (χ2n) is 8.72. The maximum absolute atomic E-state index is 14.7. The summed E-state index contributed by atoms with van der Waals surface area (Å²) in [6.07, 6.45) is 2.26. The van der Waals surface area contributed by atoms with Crippen LogP contribution in [0, 0.1) is 11.6 Å². The lowest BCUT2D eigenvalue weighted by molar-refractivity contribution is -0.111. The first-order valence-corrected chi connectivity index (χ1v) is 12.6. The van der Waals surface area contributed by atoms with Gasteiger partial charge in [0.15, 0.2) is 0 Å². The van der Waals surface area contributed by atoms with E-state index in [1.807, 2.05) is 0 Å². The van der Waals surface area contributed by atoms with E-state index in [1.54, 1.807) is 48.7 Å². The molecule has 0 fully saturated rings. The lowest BCUT2D eigenvalue weighted by Crippen LogP contribution is -2.27. The molecule has 1 aromatic heterocycles. The fourth-order valence-corrected chi connectivity index (χ4v) is 4.40. The van der Waals surface area contributed by atoms with E-state index < -0.39 is 11.6 Å². The van der Waals surface area contributed by atoms with Crippen LogP contribution in [0.3, 0.4) is 0 Å². The van der Waals surface area contributed by atoms with Crippen molar-refractivity contribution in [1.29, 1.82) is 0 Å². The summed E-state index contributed by atoms with van der Waals surface area (Å²) in [6.45, 7) is 0.599. The molecule has 0 saturated heterocycles.